The highest BCUT2D eigenvalue weighted by molar-refractivity contribution is 5.96. The van der Waals surface area contributed by atoms with Crippen molar-refractivity contribution in [2.24, 2.45) is 5.92 Å². The summed E-state index contributed by atoms with van der Waals surface area (Å²) >= 11 is 0. The highest BCUT2D eigenvalue weighted by Crippen LogP contribution is 2.19. The molecule has 2 amide bonds. The largest absolute Gasteiger partial charge is 0.497 e. The molecule has 0 unspecified atom stereocenters. The first-order chi connectivity index (χ1) is 17.4. The number of anilines is 1. The zero-order chi connectivity index (χ0) is 25.5. The molecule has 2 heterocycles. The Bertz CT molecular complexity index is 1140. The van der Waals surface area contributed by atoms with Gasteiger partial charge in [0.25, 0.3) is 5.91 Å². The minimum absolute atomic E-state index is 0.0392. The second-order valence-corrected chi connectivity index (χ2v) is 9.32. The molecule has 1 fully saturated rings. The summed E-state index contributed by atoms with van der Waals surface area (Å²) in [5, 5.41) is 8.79. The number of piperazine rings is 1. The Kier molecular flexibility index (Phi) is 8.15. The van der Waals surface area contributed by atoms with Crippen molar-refractivity contribution in [2.45, 2.75) is 13.8 Å². The molecule has 1 aliphatic rings. The van der Waals surface area contributed by atoms with E-state index in [1.54, 1.807) is 36.3 Å². The maximum Gasteiger partial charge on any atom is 0.254 e. The van der Waals surface area contributed by atoms with Crippen molar-refractivity contribution >= 4 is 17.6 Å². The summed E-state index contributed by atoms with van der Waals surface area (Å²) < 4.78 is 5.19. The van der Waals surface area contributed by atoms with Crippen LogP contribution in [-0.2, 0) is 4.79 Å². The topological polar surface area (TPSA) is 78.9 Å². The van der Waals surface area contributed by atoms with E-state index >= 15 is 0 Å². The smallest absolute Gasteiger partial charge is 0.254 e. The van der Waals surface area contributed by atoms with Gasteiger partial charge in [0, 0.05) is 43.9 Å². The SMILES string of the molecule is COc1ccc(C(=O)N(CC(=O)N2CCN(c3ccc(-c4ccccc4)nn3)CC2)CC(C)C)cc1. The molecule has 0 atom stereocenters. The number of hydrogen-bond acceptors (Lipinski definition) is 6. The average molecular weight is 488 g/mol. The van der Waals surface area contributed by atoms with Gasteiger partial charge in [-0.15, -0.1) is 10.2 Å². The number of carbonyl (C=O) groups excluding carboxylic acids is 2. The normalized spacial score (nSPS) is 13.6. The first kappa shape index (κ1) is 25.2. The van der Waals surface area contributed by atoms with Crippen LogP contribution in [0.3, 0.4) is 0 Å². The third-order valence-corrected chi connectivity index (χ3v) is 6.21. The Labute approximate surface area is 212 Å². The van der Waals surface area contributed by atoms with Crippen molar-refractivity contribution in [2.75, 3.05) is 51.3 Å². The first-order valence-electron chi connectivity index (χ1n) is 12.3. The lowest BCUT2D eigenvalue weighted by molar-refractivity contribution is -0.132. The second-order valence-electron chi connectivity index (χ2n) is 9.32. The fourth-order valence-electron chi connectivity index (χ4n) is 4.28. The molecule has 4 rings (SSSR count). The lowest BCUT2D eigenvalue weighted by atomic mass is 10.1. The molecule has 0 bridgehead atoms. The molecule has 0 radical (unpaired) electrons. The van der Waals surface area contributed by atoms with Crippen molar-refractivity contribution in [3.8, 4) is 17.0 Å². The maximum atomic E-state index is 13.2. The van der Waals surface area contributed by atoms with Crippen LogP contribution in [0.5, 0.6) is 5.75 Å². The highest BCUT2D eigenvalue weighted by Gasteiger charge is 2.26. The summed E-state index contributed by atoms with van der Waals surface area (Å²) in [6.07, 6.45) is 0. The molecule has 8 nitrogen and oxygen atoms in total. The number of ether oxygens (including phenoxy) is 1. The van der Waals surface area contributed by atoms with Crippen molar-refractivity contribution in [3.05, 3.63) is 72.3 Å². The van der Waals surface area contributed by atoms with Crippen LogP contribution in [0.25, 0.3) is 11.3 Å². The van der Waals surface area contributed by atoms with E-state index in [1.165, 1.54) is 0 Å². The van der Waals surface area contributed by atoms with Gasteiger partial charge in [0.2, 0.25) is 5.91 Å². The number of carbonyl (C=O) groups is 2. The predicted molar refractivity (Wildman–Crippen MR) is 140 cm³/mol. The van der Waals surface area contributed by atoms with Crippen LogP contribution in [-0.4, -0.2) is 78.2 Å². The summed E-state index contributed by atoms with van der Waals surface area (Å²) in [5.41, 5.74) is 2.41. The van der Waals surface area contributed by atoms with Gasteiger partial charge in [-0.1, -0.05) is 44.2 Å². The molecule has 0 spiro atoms. The molecular formula is C28H33N5O3. The van der Waals surface area contributed by atoms with Crippen LogP contribution in [0.2, 0.25) is 0 Å². The maximum absolute atomic E-state index is 13.2. The van der Waals surface area contributed by atoms with Crippen LogP contribution in [0, 0.1) is 5.92 Å². The number of aromatic nitrogens is 2. The second kappa shape index (κ2) is 11.7. The third kappa shape index (κ3) is 6.19. The minimum Gasteiger partial charge on any atom is -0.497 e. The van der Waals surface area contributed by atoms with Crippen LogP contribution in [0.4, 0.5) is 5.82 Å². The molecule has 0 N–H and O–H groups in total. The Morgan fingerprint density at radius 3 is 2.19 bits per heavy atom. The van der Waals surface area contributed by atoms with E-state index in [0.29, 0.717) is 44.0 Å². The van der Waals surface area contributed by atoms with Gasteiger partial charge in [0.15, 0.2) is 5.82 Å². The van der Waals surface area contributed by atoms with E-state index in [2.05, 4.69) is 15.1 Å². The highest BCUT2D eigenvalue weighted by atomic mass is 16.5. The van der Waals surface area contributed by atoms with E-state index in [4.69, 9.17) is 4.74 Å². The molecule has 188 valence electrons. The lowest BCUT2D eigenvalue weighted by Crippen LogP contribution is -2.52. The summed E-state index contributed by atoms with van der Waals surface area (Å²) in [5.74, 6) is 1.55. The van der Waals surface area contributed by atoms with E-state index in [1.807, 2.05) is 61.2 Å². The summed E-state index contributed by atoms with van der Waals surface area (Å²) in [6.45, 7) is 7.15. The lowest BCUT2D eigenvalue weighted by Gasteiger charge is -2.36. The van der Waals surface area contributed by atoms with Crippen LogP contribution in [0.15, 0.2) is 66.7 Å². The molecule has 3 aromatic rings. The third-order valence-electron chi connectivity index (χ3n) is 6.21. The molecule has 1 aromatic heterocycles. The predicted octanol–water partition coefficient (Wildman–Crippen LogP) is 3.60. The van der Waals surface area contributed by atoms with Gasteiger partial charge in [-0.3, -0.25) is 9.59 Å². The number of hydrogen-bond donors (Lipinski definition) is 0. The summed E-state index contributed by atoms with van der Waals surface area (Å²) in [6, 6.07) is 20.9. The average Bonchev–Trinajstić information content (AvgIpc) is 2.92. The number of amides is 2. The van der Waals surface area contributed by atoms with Crippen molar-refractivity contribution in [1.29, 1.82) is 0 Å². The molecular weight excluding hydrogens is 454 g/mol. The molecule has 0 aliphatic carbocycles. The van der Waals surface area contributed by atoms with E-state index in [0.717, 1.165) is 17.1 Å². The Balaban J connectivity index is 1.35. The number of benzene rings is 2. The van der Waals surface area contributed by atoms with Gasteiger partial charge in [-0.25, -0.2) is 0 Å². The van der Waals surface area contributed by atoms with Gasteiger partial charge in [-0.05, 0) is 42.3 Å². The monoisotopic (exact) mass is 487 g/mol. The summed E-state index contributed by atoms with van der Waals surface area (Å²) in [4.78, 5) is 31.9. The number of nitrogens with zero attached hydrogens (tertiary/aromatic N) is 5. The zero-order valence-corrected chi connectivity index (χ0v) is 21.1. The van der Waals surface area contributed by atoms with Crippen LogP contribution in [0.1, 0.15) is 24.2 Å². The van der Waals surface area contributed by atoms with Crippen molar-refractivity contribution in [1.82, 2.24) is 20.0 Å². The first-order valence-corrected chi connectivity index (χ1v) is 12.3. The molecule has 2 aromatic carbocycles. The van der Waals surface area contributed by atoms with Gasteiger partial charge < -0.3 is 19.4 Å². The standard InChI is InChI=1S/C28H33N5O3/c1-21(2)19-33(28(35)23-9-11-24(36-3)12-10-23)20-27(34)32-17-15-31(16-18-32)26-14-13-25(29-30-26)22-7-5-4-6-8-22/h4-14,21H,15-20H2,1-3H3. The fourth-order valence-corrected chi connectivity index (χ4v) is 4.28. The zero-order valence-electron chi connectivity index (χ0n) is 21.1. The minimum atomic E-state index is -0.146. The summed E-state index contributed by atoms with van der Waals surface area (Å²) in [7, 11) is 1.59. The van der Waals surface area contributed by atoms with Crippen molar-refractivity contribution in [3.63, 3.8) is 0 Å². The molecule has 1 saturated heterocycles. The Hall–Kier alpha value is -3.94. The molecule has 0 saturated carbocycles. The number of methoxy groups -OCH3 is 1. The van der Waals surface area contributed by atoms with E-state index < -0.39 is 0 Å². The van der Waals surface area contributed by atoms with Crippen molar-refractivity contribution < 1.29 is 14.3 Å². The van der Waals surface area contributed by atoms with Gasteiger partial charge >= 0.3 is 0 Å². The quantitative estimate of drug-likeness (QED) is 0.483. The van der Waals surface area contributed by atoms with Gasteiger partial charge in [0.05, 0.1) is 12.8 Å². The van der Waals surface area contributed by atoms with E-state index in [-0.39, 0.29) is 24.3 Å². The molecule has 1 aliphatic heterocycles. The fraction of sp³-hybridized carbons (Fsp3) is 0.357. The van der Waals surface area contributed by atoms with Crippen LogP contribution >= 0.6 is 0 Å². The van der Waals surface area contributed by atoms with Gasteiger partial charge in [-0.2, -0.15) is 0 Å². The number of rotatable bonds is 8. The van der Waals surface area contributed by atoms with E-state index in [9.17, 15) is 9.59 Å². The molecule has 8 heteroatoms. The molecule has 36 heavy (non-hydrogen) atoms. The Morgan fingerprint density at radius 1 is 0.917 bits per heavy atom. The Morgan fingerprint density at radius 2 is 1.61 bits per heavy atom. The van der Waals surface area contributed by atoms with Gasteiger partial charge in [0.1, 0.15) is 12.3 Å². The van der Waals surface area contributed by atoms with Crippen LogP contribution < -0.4 is 9.64 Å².